The summed E-state index contributed by atoms with van der Waals surface area (Å²) in [5, 5.41) is 0. The number of hydrogen-bond acceptors (Lipinski definition) is 1. The van der Waals surface area contributed by atoms with Crippen LogP contribution in [0, 0.1) is 5.41 Å². The Hall–Kier alpha value is -1.63. The van der Waals surface area contributed by atoms with Gasteiger partial charge in [0.25, 0.3) is 0 Å². The molecule has 0 fully saturated rings. The molecule has 0 amide bonds. The SMILES string of the molecule is CC(C=CC1=C(C)CCCC1(C)C)=CC=CC1=C(C=O)CCCC1. The summed E-state index contributed by atoms with van der Waals surface area (Å²) in [5.41, 5.74) is 6.79. The third kappa shape index (κ3) is 4.93. The highest BCUT2D eigenvalue weighted by Crippen LogP contribution is 2.40. The molecule has 0 saturated carbocycles. The molecule has 2 aliphatic carbocycles. The molecule has 0 heterocycles. The molecule has 0 radical (unpaired) electrons. The quantitative estimate of drug-likeness (QED) is 0.409. The summed E-state index contributed by atoms with van der Waals surface area (Å²) in [6.45, 7) is 9.12. The lowest BCUT2D eigenvalue weighted by Crippen LogP contribution is -2.19. The number of carbonyl (C=O) groups excluding carboxylic acids is 1. The molecule has 2 rings (SSSR count). The first kappa shape index (κ1) is 18.7. The number of allylic oxidation sites excluding steroid dienone is 10. The summed E-state index contributed by atoms with van der Waals surface area (Å²) in [4.78, 5) is 11.1. The molecule has 0 aromatic rings. The second-order valence-corrected chi connectivity index (χ2v) is 7.91. The molecule has 0 unspecified atom stereocenters. The molecule has 1 heteroatoms. The van der Waals surface area contributed by atoms with Crippen molar-refractivity contribution in [3.63, 3.8) is 0 Å². The van der Waals surface area contributed by atoms with Crippen LogP contribution in [0.3, 0.4) is 0 Å². The standard InChI is InChI=1S/C23H32O/c1-18(9-7-13-20-11-5-6-12-21(20)17-24)14-15-22-19(2)10-8-16-23(22,3)4/h7,9,13-15,17H,5-6,8,10-12,16H2,1-4H3. The summed E-state index contributed by atoms with van der Waals surface area (Å²) in [7, 11) is 0. The fraction of sp³-hybridized carbons (Fsp3) is 0.522. The number of hydrogen-bond donors (Lipinski definition) is 0. The van der Waals surface area contributed by atoms with Crippen molar-refractivity contribution in [1.82, 2.24) is 0 Å². The number of rotatable bonds is 5. The maximum atomic E-state index is 11.1. The monoisotopic (exact) mass is 324 g/mol. The van der Waals surface area contributed by atoms with Crippen molar-refractivity contribution in [2.24, 2.45) is 5.41 Å². The average molecular weight is 325 g/mol. The first-order valence-corrected chi connectivity index (χ1v) is 9.34. The zero-order valence-corrected chi connectivity index (χ0v) is 15.8. The molecule has 0 aromatic carbocycles. The molecule has 2 aliphatic rings. The Kier molecular flexibility index (Phi) is 6.60. The van der Waals surface area contributed by atoms with E-state index >= 15 is 0 Å². The normalized spacial score (nSPS) is 22.8. The minimum Gasteiger partial charge on any atom is -0.298 e. The van der Waals surface area contributed by atoms with Crippen molar-refractivity contribution in [3.8, 4) is 0 Å². The molecule has 0 atom stereocenters. The largest absolute Gasteiger partial charge is 0.298 e. The van der Waals surface area contributed by atoms with Crippen molar-refractivity contribution in [1.29, 1.82) is 0 Å². The Bertz CT molecular complexity index is 620. The molecule has 0 bridgehead atoms. The van der Waals surface area contributed by atoms with Crippen LogP contribution >= 0.6 is 0 Å². The first-order valence-electron chi connectivity index (χ1n) is 9.34. The molecule has 130 valence electrons. The minimum absolute atomic E-state index is 0.292. The molecular formula is C23H32O. The molecule has 0 saturated heterocycles. The van der Waals surface area contributed by atoms with Gasteiger partial charge in [-0.25, -0.2) is 0 Å². The molecule has 0 aliphatic heterocycles. The number of aldehydes is 1. The highest BCUT2D eigenvalue weighted by atomic mass is 16.1. The van der Waals surface area contributed by atoms with E-state index in [1.54, 1.807) is 0 Å². The van der Waals surface area contributed by atoms with Crippen molar-refractivity contribution >= 4 is 6.29 Å². The highest BCUT2D eigenvalue weighted by Gasteiger charge is 2.26. The smallest absolute Gasteiger partial charge is 0.146 e. The van der Waals surface area contributed by atoms with Gasteiger partial charge in [0, 0.05) is 0 Å². The van der Waals surface area contributed by atoms with Gasteiger partial charge in [0.15, 0.2) is 0 Å². The molecule has 0 spiro atoms. The van der Waals surface area contributed by atoms with Crippen LogP contribution in [0.25, 0.3) is 0 Å². The van der Waals surface area contributed by atoms with Crippen LogP contribution in [0.4, 0.5) is 0 Å². The van der Waals surface area contributed by atoms with Gasteiger partial charge in [0.2, 0.25) is 0 Å². The van der Waals surface area contributed by atoms with Gasteiger partial charge in [-0.05, 0) is 80.9 Å². The third-order valence-electron chi connectivity index (χ3n) is 5.41. The summed E-state index contributed by atoms with van der Waals surface area (Å²) >= 11 is 0. The maximum Gasteiger partial charge on any atom is 0.146 e. The summed E-state index contributed by atoms with van der Waals surface area (Å²) in [5.74, 6) is 0. The van der Waals surface area contributed by atoms with Gasteiger partial charge in [0.1, 0.15) is 6.29 Å². The Balaban J connectivity index is 2.07. The summed E-state index contributed by atoms with van der Waals surface area (Å²) < 4.78 is 0. The van der Waals surface area contributed by atoms with E-state index in [9.17, 15) is 4.79 Å². The van der Waals surface area contributed by atoms with Gasteiger partial charge in [-0.2, -0.15) is 0 Å². The van der Waals surface area contributed by atoms with Gasteiger partial charge < -0.3 is 0 Å². The number of carbonyl (C=O) groups is 1. The Morgan fingerprint density at radius 2 is 1.71 bits per heavy atom. The lowest BCUT2D eigenvalue weighted by atomic mass is 9.72. The van der Waals surface area contributed by atoms with E-state index in [1.165, 1.54) is 48.0 Å². The topological polar surface area (TPSA) is 17.1 Å². The second-order valence-electron chi connectivity index (χ2n) is 7.91. The Morgan fingerprint density at radius 1 is 1.00 bits per heavy atom. The molecule has 0 N–H and O–H groups in total. The van der Waals surface area contributed by atoms with Crippen LogP contribution in [0.2, 0.25) is 0 Å². The molecular weight excluding hydrogens is 292 g/mol. The van der Waals surface area contributed by atoms with Crippen LogP contribution < -0.4 is 0 Å². The van der Waals surface area contributed by atoms with Crippen LogP contribution in [-0.4, -0.2) is 6.29 Å². The minimum atomic E-state index is 0.292. The molecule has 0 aromatic heterocycles. The average Bonchev–Trinajstić information content (AvgIpc) is 2.54. The van der Waals surface area contributed by atoms with Crippen LogP contribution in [0.5, 0.6) is 0 Å². The highest BCUT2D eigenvalue weighted by molar-refractivity contribution is 5.75. The van der Waals surface area contributed by atoms with Gasteiger partial charge in [0.05, 0.1) is 0 Å². The van der Waals surface area contributed by atoms with Crippen molar-refractivity contribution in [2.45, 2.75) is 72.6 Å². The summed E-state index contributed by atoms with van der Waals surface area (Å²) in [6.07, 6.45) is 20.1. The third-order valence-corrected chi connectivity index (χ3v) is 5.41. The molecule has 1 nitrogen and oxygen atoms in total. The van der Waals surface area contributed by atoms with Gasteiger partial charge in [-0.1, -0.05) is 55.4 Å². The Morgan fingerprint density at radius 3 is 2.38 bits per heavy atom. The first-order chi connectivity index (χ1) is 11.4. The Labute approximate surface area is 147 Å². The van der Waals surface area contributed by atoms with Gasteiger partial charge in [-0.3, -0.25) is 4.79 Å². The van der Waals surface area contributed by atoms with E-state index in [2.05, 4.69) is 58.1 Å². The lowest BCUT2D eigenvalue weighted by Gasteiger charge is -2.32. The van der Waals surface area contributed by atoms with E-state index < -0.39 is 0 Å². The van der Waals surface area contributed by atoms with E-state index in [4.69, 9.17) is 0 Å². The van der Waals surface area contributed by atoms with E-state index in [0.717, 1.165) is 31.1 Å². The van der Waals surface area contributed by atoms with Gasteiger partial charge in [-0.15, -0.1) is 0 Å². The van der Waals surface area contributed by atoms with Crippen molar-refractivity contribution in [2.75, 3.05) is 0 Å². The summed E-state index contributed by atoms with van der Waals surface area (Å²) in [6, 6.07) is 0. The van der Waals surface area contributed by atoms with E-state index in [1.807, 2.05) is 0 Å². The maximum absolute atomic E-state index is 11.1. The van der Waals surface area contributed by atoms with E-state index in [-0.39, 0.29) is 0 Å². The van der Waals surface area contributed by atoms with Crippen molar-refractivity contribution in [3.05, 3.63) is 58.2 Å². The molecule has 24 heavy (non-hydrogen) atoms. The predicted molar refractivity (Wildman–Crippen MR) is 104 cm³/mol. The van der Waals surface area contributed by atoms with E-state index in [0.29, 0.717) is 5.41 Å². The zero-order valence-electron chi connectivity index (χ0n) is 15.8. The van der Waals surface area contributed by atoms with Crippen molar-refractivity contribution < 1.29 is 4.79 Å². The van der Waals surface area contributed by atoms with Crippen LogP contribution in [-0.2, 0) is 4.79 Å². The predicted octanol–water partition coefficient (Wildman–Crippen LogP) is 6.64. The van der Waals surface area contributed by atoms with Gasteiger partial charge >= 0.3 is 0 Å². The van der Waals surface area contributed by atoms with Crippen LogP contribution in [0.1, 0.15) is 72.6 Å². The second kappa shape index (κ2) is 8.46. The fourth-order valence-electron chi connectivity index (χ4n) is 3.87. The zero-order chi connectivity index (χ0) is 17.6. The lowest BCUT2D eigenvalue weighted by molar-refractivity contribution is -0.105. The fourth-order valence-corrected chi connectivity index (χ4v) is 3.87. The van der Waals surface area contributed by atoms with Crippen LogP contribution in [0.15, 0.2) is 58.2 Å².